The normalized spacial score (nSPS) is 17.7. The van der Waals surface area contributed by atoms with Gasteiger partial charge in [-0.05, 0) is 96.4 Å². The van der Waals surface area contributed by atoms with Gasteiger partial charge in [0.15, 0.2) is 5.78 Å². The number of hydrazone groups is 1. The summed E-state index contributed by atoms with van der Waals surface area (Å²) in [6.07, 6.45) is 3.24. The van der Waals surface area contributed by atoms with Crippen LogP contribution in [-0.2, 0) is 16.1 Å². The van der Waals surface area contributed by atoms with Crippen LogP contribution < -0.4 is 0 Å². The van der Waals surface area contributed by atoms with Gasteiger partial charge in [0, 0.05) is 42.9 Å². The number of alkyl halides is 3. The Labute approximate surface area is 293 Å². The topological polar surface area (TPSA) is 56.2 Å². The molecule has 1 fully saturated rings. The zero-order valence-electron chi connectivity index (χ0n) is 31.3. The Hall–Kier alpha value is -3.46. The smallest absolute Gasteiger partial charge is 0.333 e. The minimum absolute atomic E-state index is 0.0107. The molecular weight excluding hydrogens is 625 g/mol. The SMILES string of the molecule is C=C(/C=C\C(=C)C(F)(F)F)c1ccc(CN(C(=O)C(C)N(/N=C(/CC)C(C)=O)/C(CCC)=C(\C)CC)C2CCCN(C(C)(C)C)CC2)cc1. The van der Waals surface area contributed by atoms with Crippen LogP contribution in [0.4, 0.5) is 13.2 Å². The van der Waals surface area contributed by atoms with Crippen LogP contribution in [-0.4, -0.2) is 69.1 Å². The summed E-state index contributed by atoms with van der Waals surface area (Å²) in [7, 11) is 0. The number of halogens is 3. The van der Waals surface area contributed by atoms with Gasteiger partial charge in [-0.15, -0.1) is 0 Å². The van der Waals surface area contributed by atoms with E-state index >= 15 is 0 Å². The van der Waals surface area contributed by atoms with Gasteiger partial charge in [-0.3, -0.25) is 19.5 Å². The number of benzene rings is 1. The summed E-state index contributed by atoms with van der Waals surface area (Å²) in [5.74, 6) is -0.171. The van der Waals surface area contributed by atoms with Gasteiger partial charge >= 0.3 is 6.18 Å². The van der Waals surface area contributed by atoms with Gasteiger partial charge in [0.1, 0.15) is 11.8 Å². The molecule has 1 saturated heterocycles. The van der Waals surface area contributed by atoms with Crippen LogP contribution in [0.2, 0.25) is 0 Å². The van der Waals surface area contributed by atoms with Crippen molar-refractivity contribution in [1.82, 2.24) is 14.8 Å². The standard InChI is InChI=1S/C40H59F3N4O2/c1-12-16-37(28(4)13-2)47(44-36(14-3)32(8)48)31(7)38(49)46(35-17-15-25-45(26-24-35)39(9,10)11)27-33-20-22-34(23-21-33)29(5)18-19-30(6)40(41,42)43/h18-23,31,35H,5-6,12-17,24-27H2,1-4,7-11H3/b19-18-,37-28+,44-36-. The molecule has 2 rings (SSSR count). The Morgan fingerprint density at radius 3 is 2.14 bits per heavy atom. The number of ketones is 1. The van der Waals surface area contributed by atoms with Gasteiger partial charge in [0.2, 0.25) is 5.91 Å². The number of carbonyl (C=O) groups is 2. The fraction of sp³-hybridized carbons (Fsp3) is 0.575. The third-order valence-corrected chi connectivity index (χ3v) is 9.38. The van der Waals surface area contributed by atoms with E-state index in [1.165, 1.54) is 13.0 Å². The summed E-state index contributed by atoms with van der Waals surface area (Å²) in [6, 6.07) is 6.78. The third kappa shape index (κ3) is 12.1. The maximum absolute atomic E-state index is 14.8. The molecule has 0 bridgehead atoms. The monoisotopic (exact) mass is 684 g/mol. The van der Waals surface area contributed by atoms with Gasteiger partial charge in [-0.1, -0.05) is 82.3 Å². The second-order valence-corrected chi connectivity index (χ2v) is 14.1. The highest BCUT2D eigenvalue weighted by Crippen LogP contribution is 2.29. The molecule has 2 atom stereocenters. The molecule has 1 heterocycles. The lowest BCUT2D eigenvalue weighted by atomic mass is 10.0. The molecule has 0 aromatic heterocycles. The van der Waals surface area contributed by atoms with Crippen molar-refractivity contribution in [3.63, 3.8) is 0 Å². The second-order valence-electron chi connectivity index (χ2n) is 14.1. The number of rotatable bonds is 15. The summed E-state index contributed by atoms with van der Waals surface area (Å²) in [5.41, 5.74) is 3.62. The molecule has 9 heteroatoms. The number of hydrogen-bond donors (Lipinski definition) is 0. The Bertz CT molecular complexity index is 1400. The van der Waals surface area contributed by atoms with E-state index in [4.69, 9.17) is 5.10 Å². The van der Waals surface area contributed by atoms with E-state index in [0.717, 1.165) is 74.5 Å². The minimum Gasteiger partial charge on any atom is -0.333 e. The van der Waals surface area contributed by atoms with Gasteiger partial charge in [-0.2, -0.15) is 18.3 Å². The van der Waals surface area contributed by atoms with Crippen LogP contribution in [0.15, 0.2) is 71.5 Å². The molecule has 272 valence electrons. The lowest BCUT2D eigenvalue weighted by Gasteiger charge is -2.38. The number of nitrogens with zero attached hydrogens (tertiary/aromatic N) is 4. The summed E-state index contributed by atoms with van der Waals surface area (Å²) < 4.78 is 38.8. The minimum atomic E-state index is -4.50. The number of carbonyl (C=O) groups excluding carboxylic acids is 2. The highest BCUT2D eigenvalue weighted by atomic mass is 19.4. The van der Waals surface area contributed by atoms with Gasteiger partial charge in [-0.25, -0.2) is 0 Å². The molecule has 1 aliphatic rings. The molecule has 1 aromatic rings. The molecule has 1 aliphatic heterocycles. The van der Waals surface area contributed by atoms with Crippen LogP contribution in [0.25, 0.3) is 5.57 Å². The van der Waals surface area contributed by atoms with E-state index in [9.17, 15) is 22.8 Å². The Morgan fingerprint density at radius 1 is 1.00 bits per heavy atom. The van der Waals surface area contributed by atoms with E-state index in [0.29, 0.717) is 29.8 Å². The average molecular weight is 685 g/mol. The Balaban J connectivity index is 2.56. The number of Topliss-reactive ketones (excluding diaryl/α,β-unsaturated/α-hetero) is 1. The van der Waals surface area contributed by atoms with Crippen molar-refractivity contribution in [2.45, 2.75) is 138 Å². The van der Waals surface area contributed by atoms with Crippen LogP contribution in [0.1, 0.15) is 118 Å². The zero-order valence-corrected chi connectivity index (χ0v) is 31.3. The highest BCUT2D eigenvalue weighted by Gasteiger charge is 2.35. The number of hydrogen-bond acceptors (Lipinski definition) is 5. The summed E-state index contributed by atoms with van der Waals surface area (Å²) in [6.45, 7) is 27.4. The zero-order chi connectivity index (χ0) is 37.1. The van der Waals surface area contributed by atoms with Crippen LogP contribution in [0.3, 0.4) is 0 Å². The Morgan fingerprint density at radius 2 is 1.63 bits per heavy atom. The molecule has 1 aromatic carbocycles. The quantitative estimate of drug-likeness (QED) is 0.105. The van der Waals surface area contributed by atoms with E-state index in [2.05, 4.69) is 59.6 Å². The first-order valence-corrected chi connectivity index (χ1v) is 17.7. The first-order valence-electron chi connectivity index (χ1n) is 17.7. The predicted octanol–water partition coefficient (Wildman–Crippen LogP) is 9.89. The van der Waals surface area contributed by atoms with Gasteiger partial charge in [0.25, 0.3) is 0 Å². The van der Waals surface area contributed by atoms with Crippen LogP contribution >= 0.6 is 0 Å². The lowest BCUT2D eigenvalue weighted by molar-refractivity contribution is -0.139. The van der Waals surface area contributed by atoms with Crippen molar-refractivity contribution in [3.05, 3.63) is 77.5 Å². The summed E-state index contributed by atoms with van der Waals surface area (Å²) in [5, 5.41) is 6.68. The van der Waals surface area contributed by atoms with Gasteiger partial charge in [0.05, 0.1) is 0 Å². The summed E-state index contributed by atoms with van der Waals surface area (Å²) >= 11 is 0. The molecule has 0 aliphatic carbocycles. The number of amides is 1. The van der Waals surface area contributed by atoms with Crippen molar-refractivity contribution in [2.75, 3.05) is 13.1 Å². The van der Waals surface area contributed by atoms with Crippen molar-refractivity contribution in [3.8, 4) is 0 Å². The van der Waals surface area contributed by atoms with E-state index in [1.54, 1.807) is 0 Å². The molecule has 49 heavy (non-hydrogen) atoms. The lowest BCUT2D eigenvalue weighted by Crippen LogP contribution is -2.50. The van der Waals surface area contributed by atoms with Gasteiger partial charge < -0.3 is 4.90 Å². The maximum atomic E-state index is 14.8. The molecule has 0 spiro atoms. The molecular formula is C40H59F3N4O2. The van der Waals surface area contributed by atoms with E-state index in [-0.39, 0.29) is 23.3 Å². The molecule has 2 unspecified atom stereocenters. The average Bonchev–Trinajstić information content (AvgIpc) is 3.31. The molecule has 1 amide bonds. The van der Waals surface area contributed by atoms with Crippen molar-refractivity contribution < 1.29 is 22.8 Å². The molecule has 6 nitrogen and oxygen atoms in total. The molecule has 0 saturated carbocycles. The maximum Gasteiger partial charge on any atom is 0.415 e. The third-order valence-electron chi connectivity index (χ3n) is 9.38. The van der Waals surface area contributed by atoms with Crippen molar-refractivity contribution in [1.29, 1.82) is 0 Å². The van der Waals surface area contributed by atoms with Crippen molar-refractivity contribution in [2.24, 2.45) is 5.10 Å². The summed E-state index contributed by atoms with van der Waals surface area (Å²) in [4.78, 5) is 31.8. The highest BCUT2D eigenvalue weighted by molar-refractivity contribution is 6.38. The number of likely N-dealkylation sites (tertiary alicyclic amines) is 1. The molecule has 0 N–H and O–H groups in total. The van der Waals surface area contributed by atoms with Crippen LogP contribution in [0, 0.1) is 0 Å². The first kappa shape index (κ1) is 41.7. The Kier molecular flexibility index (Phi) is 15.8. The molecule has 0 radical (unpaired) electrons. The fourth-order valence-electron chi connectivity index (χ4n) is 6.07. The predicted molar refractivity (Wildman–Crippen MR) is 197 cm³/mol. The number of allylic oxidation sites excluding steroid dienone is 6. The first-order chi connectivity index (χ1) is 22.8. The fourth-order valence-corrected chi connectivity index (χ4v) is 6.07. The largest absolute Gasteiger partial charge is 0.415 e. The van der Waals surface area contributed by atoms with E-state index in [1.807, 2.05) is 48.0 Å². The second kappa shape index (κ2) is 18.5. The van der Waals surface area contributed by atoms with Crippen molar-refractivity contribution >= 4 is 23.0 Å². The van der Waals surface area contributed by atoms with Crippen LogP contribution in [0.5, 0.6) is 0 Å². The van der Waals surface area contributed by atoms with E-state index < -0.39 is 17.8 Å².